The van der Waals surface area contributed by atoms with Gasteiger partial charge in [-0.2, -0.15) is 0 Å². The molecule has 2 saturated heterocycles. The van der Waals surface area contributed by atoms with Gasteiger partial charge in [-0.25, -0.2) is 4.39 Å². The van der Waals surface area contributed by atoms with E-state index in [2.05, 4.69) is 29.0 Å². The predicted molar refractivity (Wildman–Crippen MR) is 67.9 cm³/mol. The number of piperazine rings is 1. The summed E-state index contributed by atoms with van der Waals surface area (Å²) in [4.78, 5) is 4.68. The largest absolute Gasteiger partial charge is 0.342 e. The zero-order valence-corrected chi connectivity index (χ0v) is 11.3. The Labute approximate surface area is 104 Å². The number of nitrogens with two attached hydrogens (primary N) is 1. The summed E-state index contributed by atoms with van der Waals surface area (Å²) in [6, 6.07) is 0.628. The fourth-order valence-electron chi connectivity index (χ4n) is 3.09. The summed E-state index contributed by atoms with van der Waals surface area (Å²) in [7, 11) is 0. The highest BCUT2D eigenvalue weighted by Gasteiger charge is 2.36. The first-order chi connectivity index (χ1) is 8.11. The van der Waals surface area contributed by atoms with Gasteiger partial charge >= 0.3 is 0 Å². The van der Waals surface area contributed by atoms with Crippen molar-refractivity contribution in [1.82, 2.24) is 9.80 Å². The van der Waals surface area contributed by atoms with Gasteiger partial charge < -0.3 is 10.2 Å². The first kappa shape index (κ1) is 13.2. The molecule has 4 heteroatoms. The van der Waals surface area contributed by atoms with Gasteiger partial charge in [0.15, 0.2) is 0 Å². The van der Waals surface area contributed by atoms with Crippen LogP contribution in [0.1, 0.15) is 26.7 Å². The van der Waals surface area contributed by atoms with Crippen LogP contribution in [0.2, 0.25) is 0 Å². The predicted octanol–water partition coefficient (Wildman–Crippen LogP) is 0.0779. The van der Waals surface area contributed by atoms with Gasteiger partial charge in [-0.3, -0.25) is 4.90 Å². The molecule has 0 aromatic carbocycles. The number of quaternary nitrogens is 1. The van der Waals surface area contributed by atoms with Crippen LogP contribution in [0, 0.1) is 0 Å². The van der Waals surface area contributed by atoms with Crippen molar-refractivity contribution in [3.63, 3.8) is 0 Å². The normalized spacial score (nSPS) is 31.6. The Hall–Kier alpha value is -0.190. The second-order valence-electron chi connectivity index (χ2n) is 5.82. The maximum Gasteiger partial charge on any atom is 0.126 e. The van der Waals surface area contributed by atoms with Crippen LogP contribution in [0.25, 0.3) is 0 Å². The van der Waals surface area contributed by atoms with Crippen molar-refractivity contribution in [2.24, 2.45) is 0 Å². The highest BCUT2D eigenvalue weighted by Crippen LogP contribution is 2.27. The number of halogens is 1. The summed E-state index contributed by atoms with van der Waals surface area (Å²) in [5.74, 6) is 0. The van der Waals surface area contributed by atoms with Crippen molar-refractivity contribution >= 4 is 0 Å². The molecular formula is C13H27FN3+. The average Bonchev–Trinajstić information content (AvgIpc) is 2.29. The third-order valence-electron chi connectivity index (χ3n) is 4.27. The summed E-state index contributed by atoms with van der Waals surface area (Å²) in [6.07, 6.45) is 1.44. The van der Waals surface area contributed by atoms with Gasteiger partial charge in [0.25, 0.3) is 0 Å². The Kier molecular flexibility index (Phi) is 4.39. The first-order valence-corrected chi connectivity index (χ1v) is 7.08. The molecule has 2 aliphatic rings. The molecule has 2 fully saturated rings. The summed E-state index contributed by atoms with van der Waals surface area (Å²) in [5, 5.41) is 2.36. The summed E-state index contributed by atoms with van der Waals surface area (Å²) in [6.45, 7) is 11.2. The number of alkyl halides is 1. The standard InChI is InChI=1S/C13H26FN3/c1-3-16-7-4-13(14,5-8-16)11-17-9-6-15-12(2)10-17/h12,15H,3-11H2,1-2H3/p+1. The number of hydrogen-bond acceptors (Lipinski definition) is 2. The molecule has 0 aromatic heterocycles. The number of hydrogen-bond donors (Lipinski definition) is 1. The maximum atomic E-state index is 14.7. The van der Waals surface area contributed by atoms with Crippen molar-refractivity contribution in [2.75, 3.05) is 45.8 Å². The van der Waals surface area contributed by atoms with Gasteiger partial charge in [-0.1, -0.05) is 6.92 Å². The SMILES string of the molecule is CCN1CCC(F)(CN2CC[NH2+]C(C)C2)CC1. The van der Waals surface area contributed by atoms with Gasteiger partial charge in [-0.15, -0.1) is 0 Å². The van der Waals surface area contributed by atoms with E-state index < -0.39 is 5.67 Å². The molecule has 0 radical (unpaired) electrons. The van der Waals surface area contributed by atoms with Crippen LogP contribution in [-0.2, 0) is 0 Å². The van der Waals surface area contributed by atoms with Crippen LogP contribution in [0.3, 0.4) is 0 Å². The molecule has 0 amide bonds. The fourth-order valence-corrected chi connectivity index (χ4v) is 3.09. The molecule has 0 aromatic rings. The molecule has 2 heterocycles. The molecule has 1 unspecified atom stereocenters. The number of rotatable bonds is 3. The van der Waals surface area contributed by atoms with Crippen molar-refractivity contribution in [3.8, 4) is 0 Å². The zero-order valence-electron chi connectivity index (χ0n) is 11.3. The molecule has 0 bridgehead atoms. The summed E-state index contributed by atoms with van der Waals surface area (Å²) >= 11 is 0. The molecule has 2 N–H and O–H groups in total. The van der Waals surface area contributed by atoms with E-state index in [9.17, 15) is 4.39 Å². The molecule has 0 aliphatic carbocycles. The average molecular weight is 244 g/mol. The molecule has 1 atom stereocenters. The molecular weight excluding hydrogens is 217 g/mol. The highest BCUT2D eigenvalue weighted by atomic mass is 19.1. The topological polar surface area (TPSA) is 23.1 Å². The minimum atomic E-state index is -0.928. The smallest absolute Gasteiger partial charge is 0.126 e. The first-order valence-electron chi connectivity index (χ1n) is 7.08. The minimum absolute atomic E-state index is 0.628. The van der Waals surface area contributed by atoms with E-state index in [1.54, 1.807) is 0 Å². The lowest BCUT2D eigenvalue weighted by Gasteiger charge is -2.40. The van der Waals surface area contributed by atoms with E-state index in [1.165, 1.54) is 0 Å². The number of nitrogens with zero attached hydrogens (tertiary/aromatic N) is 2. The maximum absolute atomic E-state index is 14.7. The quantitative estimate of drug-likeness (QED) is 0.760. The Bertz CT molecular complexity index is 239. The van der Waals surface area contributed by atoms with Crippen LogP contribution in [0.4, 0.5) is 4.39 Å². The van der Waals surface area contributed by atoms with E-state index in [1.807, 2.05) is 0 Å². The molecule has 2 aliphatic heterocycles. The van der Waals surface area contributed by atoms with Crippen LogP contribution in [0.15, 0.2) is 0 Å². The van der Waals surface area contributed by atoms with E-state index in [-0.39, 0.29) is 0 Å². The summed E-state index contributed by atoms with van der Waals surface area (Å²) in [5.41, 5.74) is -0.928. The van der Waals surface area contributed by atoms with E-state index in [4.69, 9.17) is 0 Å². The zero-order chi connectivity index (χ0) is 12.3. The van der Waals surface area contributed by atoms with Gasteiger partial charge in [0, 0.05) is 26.2 Å². The van der Waals surface area contributed by atoms with Crippen LogP contribution in [0.5, 0.6) is 0 Å². The second kappa shape index (κ2) is 5.63. The Morgan fingerprint density at radius 2 is 1.94 bits per heavy atom. The van der Waals surface area contributed by atoms with E-state index >= 15 is 0 Å². The Morgan fingerprint density at radius 3 is 2.53 bits per heavy atom. The van der Waals surface area contributed by atoms with Gasteiger partial charge in [-0.05, 0) is 26.3 Å². The van der Waals surface area contributed by atoms with Crippen LogP contribution in [-0.4, -0.2) is 67.3 Å². The highest BCUT2D eigenvalue weighted by molar-refractivity contribution is 4.89. The lowest BCUT2D eigenvalue weighted by atomic mass is 9.92. The molecule has 0 spiro atoms. The Balaban J connectivity index is 1.81. The number of piperidine rings is 1. The fraction of sp³-hybridized carbons (Fsp3) is 1.00. The molecule has 2 rings (SSSR count). The lowest BCUT2D eigenvalue weighted by Crippen LogP contribution is -2.94. The summed E-state index contributed by atoms with van der Waals surface area (Å²) < 4.78 is 14.7. The molecule has 17 heavy (non-hydrogen) atoms. The molecule has 3 nitrogen and oxygen atoms in total. The van der Waals surface area contributed by atoms with Gasteiger partial charge in [0.05, 0.1) is 19.1 Å². The van der Waals surface area contributed by atoms with Crippen molar-refractivity contribution in [1.29, 1.82) is 0 Å². The van der Waals surface area contributed by atoms with E-state index in [0.717, 1.165) is 52.1 Å². The van der Waals surface area contributed by atoms with Crippen molar-refractivity contribution < 1.29 is 9.71 Å². The third-order valence-corrected chi connectivity index (χ3v) is 4.27. The van der Waals surface area contributed by atoms with Crippen LogP contribution >= 0.6 is 0 Å². The monoisotopic (exact) mass is 244 g/mol. The minimum Gasteiger partial charge on any atom is -0.342 e. The lowest BCUT2D eigenvalue weighted by molar-refractivity contribution is -0.694. The van der Waals surface area contributed by atoms with Crippen LogP contribution < -0.4 is 5.32 Å². The number of likely N-dealkylation sites (tertiary alicyclic amines) is 1. The molecule has 0 saturated carbocycles. The van der Waals surface area contributed by atoms with E-state index in [0.29, 0.717) is 12.6 Å². The second-order valence-corrected chi connectivity index (χ2v) is 5.82. The Morgan fingerprint density at radius 1 is 1.24 bits per heavy atom. The molecule has 100 valence electrons. The van der Waals surface area contributed by atoms with Gasteiger partial charge in [0.1, 0.15) is 5.67 Å². The van der Waals surface area contributed by atoms with Gasteiger partial charge in [0.2, 0.25) is 0 Å². The van der Waals surface area contributed by atoms with Crippen molar-refractivity contribution in [2.45, 2.75) is 38.4 Å². The third kappa shape index (κ3) is 3.63. The van der Waals surface area contributed by atoms with Crippen molar-refractivity contribution in [3.05, 3.63) is 0 Å².